The maximum Gasteiger partial charge on any atom is 0.274 e. The van der Waals surface area contributed by atoms with Crippen LogP contribution in [0, 0.1) is 5.92 Å². The van der Waals surface area contributed by atoms with Gasteiger partial charge in [-0.3, -0.25) is 9.79 Å². The van der Waals surface area contributed by atoms with E-state index in [2.05, 4.69) is 22.0 Å². The lowest BCUT2D eigenvalue weighted by Gasteiger charge is -2.29. The van der Waals surface area contributed by atoms with E-state index in [9.17, 15) is 4.79 Å². The number of nitrogens with one attached hydrogen (secondary N) is 1. The number of pyridine rings is 1. The normalized spacial score (nSPS) is 18.6. The minimum absolute atomic E-state index is 0.201. The van der Waals surface area contributed by atoms with Gasteiger partial charge in [0.1, 0.15) is 0 Å². The third kappa shape index (κ3) is 4.55. The van der Waals surface area contributed by atoms with Crippen LogP contribution < -0.4 is 10.1 Å². The minimum Gasteiger partial charge on any atom is -0.478 e. The van der Waals surface area contributed by atoms with Crippen molar-refractivity contribution in [3.63, 3.8) is 0 Å². The maximum absolute atomic E-state index is 13.0. The molecule has 2 aliphatic rings. The zero-order chi connectivity index (χ0) is 21.2. The van der Waals surface area contributed by atoms with Gasteiger partial charge in [-0.15, -0.1) is 0 Å². The van der Waals surface area contributed by atoms with E-state index in [0.717, 1.165) is 18.5 Å². The Labute approximate surface area is 172 Å². The molecule has 7 heteroatoms. The van der Waals surface area contributed by atoms with Crippen molar-refractivity contribution >= 4 is 18.3 Å². The second-order valence-electron chi connectivity index (χ2n) is 7.92. The zero-order valence-corrected chi connectivity index (χ0v) is 17.8. The van der Waals surface area contributed by atoms with Crippen molar-refractivity contribution in [2.45, 2.75) is 46.1 Å². The largest absolute Gasteiger partial charge is 0.478 e. The molecule has 3 rings (SSSR count). The van der Waals surface area contributed by atoms with E-state index >= 15 is 0 Å². The van der Waals surface area contributed by atoms with Gasteiger partial charge in [-0.05, 0) is 65.3 Å². The molecule has 0 radical (unpaired) electrons. The first kappa shape index (κ1) is 20.8. The van der Waals surface area contributed by atoms with Crippen LogP contribution in [0.25, 0.3) is 0 Å². The van der Waals surface area contributed by atoms with Crippen LogP contribution in [0.3, 0.4) is 0 Å². The van der Waals surface area contributed by atoms with Gasteiger partial charge in [-0.1, -0.05) is 6.07 Å². The summed E-state index contributed by atoms with van der Waals surface area (Å²) in [6, 6.07) is 5.55. The highest BCUT2D eigenvalue weighted by atomic mass is 16.5. The summed E-state index contributed by atoms with van der Waals surface area (Å²) >= 11 is 0. The topological polar surface area (TPSA) is 79.2 Å². The van der Waals surface area contributed by atoms with Crippen molar-refractivity contribution in [1.29, 1.82) is 0 Å². The Morgan fingerprint density at radius 2 is 2.14 bits per heavy atom. The number of carbonyl (C=O) groups is 1. The fraction of sp³-hybridized carbons (Fsp3) is 0.455. The quantitative estimate of drug-likeness (QED) is 0.568. The van der Waals surface area contributed by atoms with Crippen molar-refractivity contribution in [2.24, 2.45) is 15.9 Å². The molecule has 2 heterocycles. The Bertz CT molecular complexity index is 910. The van der Waals surface area contributed by atoms with Crippen LogP contribution in [0.5, 0.6) is 5.88 Å². The summed E-state index contributed by atoms with van der Waals surface area (Å²) in [5, 5.41) is 3.10. The predicted molar refractivity (Wildman–Crippen MR) is 115 cm³/mol. The number of amides is 1. The highest BCUT2D eigenvalue weighted by Crippen LogP contribution is 2.39. The molecule has 7 nitrogen and oxygen atoms in total. The fourth-order valence-corrected chi connectivity index (χ4v) is 3.31. The van der Waals surface area contributed by atoms with Crippen molar-refractivity contribution in [3.8, 4) is 5.88 Å². The number of rotatable bonds is 7. The minimum atomic E-state index is -0.286. The Kier molecular flexibility index (Phi) is 5.86. The number of nitrogens with zero attached hydrogens (tertiary/aromatic N) is 4. The molecular formula is C22H29N5O2. The van der Waals surface area contributed by atoms with Crippen LogP contribution in [-0.4, -0.2) is 47.4 Å². The zero-order valence-electron chi connectivity index (χ0n) is 17.8. The van der Waals surface area contributed by atoms with Crippen LogP contribution in [0.4, 0.5) is 0 Å². The average Bonchev–Trinajstić information content (AvgIpc) is 3.51. The summed E-state index contributed by atoms with van der Waals surface area (Å²) in [5.74, 6) is 1.21. The number of ether oxygens (including phenoxy) is 1. The third-order valence-electron chi connectivity index (χ3n) is 5.32. The van der Waals surface area contributed by atoms with Crippen molar-refractivity contribution in [3.05, 3.63) is 47.2 Å². The molecule has 1 aromatic rings. The SMILES string of the molecule is C=N/C(C(=O)NC(C)(C)C1CC1)=C1/N=C(c2cccc(OCC)n2)C=C(C)N1C. The second kappa shape index (κ2) is 8.19. The molecule has 1 saturated carbocycles. The Morgan fingerprint density at radius 3 is 2.76 bits per heavy atom. The van der Waals surface area contributed by atoms with E-state index < -0.39 is 0 Å². The lowest BCUT2D eigenvalue weighted by molar-refractivity contribution is -0.119. The van der Waals surface area contributed by atoms with Gasteiger partial charge in [0, 0.05) is 24.4 Å². The van der Waals surface area contributed by atoms with Crippen molar-refractivity contribution in [2.75, 3.05) is 13.7 Å². The highest BCUT2D eigenvalue weighted by molar-refractivity contribution is 6.09. The molecule has 1 aliphatic carbocycles. The smallest absolute Gasteiger partial charge is 0.274 e. The van der Waals surface area contributed by atoms with E-state index in [1.54, 1.807) is 6.07 Å². The average molecular weight is 396 g/mol. The van der Waals surface area contributed by atoms with Gasteiger partial charge >= 0.3 is 0 Å². The van der Waals surface area contributed by atoms with Gasteiger partial charge in [-0.2, -0.15) is 0 Å². The molecule has 154 valence electrons. The molecule has 1 amide bonds. The van der Waals surface area contributed by atoms with Crippen LogP contribution in [0.1, 0.15) is 46.2 Å². The van der Waals surface area contributed by atoms with Gasteiger partial charge in [0.15, 0.2) is 11.5 Å². The van der Waals surface area contributed by atoms with Gasteiger partial charge in [0.2, 0.25) is 5.88 Å². The fourth-order valence-electron chi connectivity index (χ4n) is 3.31. The summed E-state index contributed by atoms with van der Waals surface area (Å²) in [7, 11) is 1.86. The molecule has 1 aromatic heterocycles. The first-order chi connectivity index (χ1) is 13.8. The summed E-state index contributed by atoms with van der Waals surface area (Å²) in [6.45, 7) is 12.1. The number of hydrogen-bond acceptors (Lipinski definition) is 6. The molecule has 1 fully saturated rings. The number of allylic oxidation sites excluding steroid dienone is 2. The van der Waals surface area contributed by atoms with Crippen molar-refractivity contribution < 1.29 is 9.53 Å². The summed E-state index contributed by atoms with van der Waals surface area (Å²) in [5.41, 5.74) is 2.15. The first-order valence-corrected chi connectivity index (χ1v) is 9.91. The van der Waals surface area contributed by atoms with Crippen LogP contribution in [0.15, 0.2) is 51.5 Å². The lowest BCUT2D eigenvalue weighted by Crippen LogP contribution is -2.46. The van der Waals surface area contributed by atoms with E-state index in [-0.39, 0.29) is 17.1 Å². The monoisotopic (exact) mass is 395 g/mol. The number of hydrogen-bond donors (Lipinski definition) is 1. The van der Waals surface area contributed by atoms with E-state index in [1.807, 2.05) is 57.9 Å². The Hall–Kier alpha value is -2.96. The molecule has 1 N–H and O–H groups in total. The standard InChI is InChI=1S/C22H29N5O2/c1-7-29-18-10-8-9-16(24-18)17-13-14(2)27(6)20(25-17)19(23-5)21(28)26-22(3,4)15-11-12-15/h8-10,13,15H,5,7,11-12H2,1-4,6H3,(H,26,28)/b20-19-. The number of aromatic nitrogens is 1. The number of carbonyl (C=O) groups excluding carboxylic acids is 1. The van der Waals surface area contributed by atoms with Crippen LogP contribution in [-0.2, 0) is 4.79 Å². The number of aliphatic imine (C=N–C) groups is 2. The van der Waals surface area contributed by atoms with Gasteiger partial charge < -0.3 is 15.0 Å². The lowest BCUT2D eigenvalue weighted by atomic mass is 9.98. The summed E-state index contributed by atoms with van der Waals surface area (Å²) < 4.78 is 5.50. The van der Waals surface area contributed by atoms with E-state index in [1.165, 1.54) is 0 Å². The Balaban J connectivity index is 1.99. The molecule has 0 atom stereocenters. The Morgan fingerprint density at radius 1 is 1.41 bits per heavy atom. The molecular weight excluding hydrogens is 366 g/mol. The first-order valence-electron chi connectivity index (χ1n) is 9.91. The summed E-state index contributed by atoms with van der Waals surface area (Å²) in [6.07, 6.45) is 4.19. The van der Waals surface area contributed by atoms with Gasteiger partial charge in [-0.25, -0.2) is 9.98 Å². The maximum atomic E-state index is 13.0. The van der Waals surface area contributed by atoms with Gasteiger partial charge in [0.05, 0.1) is 18.0 Å². The molecule has 0 unspecified atom stereocenters. The predicted octanol–water partition coefficient (Wildman–Crippen LogP) is 3.29. The third-order valence-corrected chi connectivity index (χ3v) is 5.32. The van der Waals surface area contributed by atoms with Crippen LogP contribution >= 0.6 is 0 Å². The molecule has 0 saturated heterocycles. The highest BCUT2D eigenvalue weighted by Gasteiger charge is 2.39. The molecule has 0 spiro atoms. The molecule has 29 heavy (non-hydrogen) atoms. The second-order valence-corrected chi connectivity index (χ2v) is 7.92. The van der Waals surface area contributed by atoms with Crippen molar-refractivity contribution in [1.82, 2.24) is 15.2 Å². The van der Waals surface area contributed by atoms with E-state index in [0.29, 0.717) is 35.6 Å². The molecule has 0 bridgehead atoms. The molecule has 1 aliphatic heterocycles. The van der Waals surface area contributed by atoms with Crippen LogP contribution in [0.2, 0.25) is 0 Å². The van der Waals surface area contributed by atoms with Gasteiger partial charge in [0.25, 0.3) is 5.91 Å². The summed E-state index contributed by atoms with van der Waals surface area (Å²) in [4.78, 5) is 28.1. The van der Waals surface area contributed by atoms with E-state index in [4.69, 9.17) is 9.73 Å². The molecule has 0 aromatic carbocycles.